The molecular weight excluding hydrogens is 460 g/mol. The van der Waals surface area contributed by atoms with Crippen LogP contribution < -0.4 is 10.0 Å². The van der Waals surface area contributed by atoms with Crippen molar-refractivity contribution in [3.63, 3.8) is 0 Å². The van der Waals surface area contributed by atoms with Crippen LogP contribution in [0.1, 0.15) is 29.5 Å². The summed E-state index contributed by atoms with van der Waals surface area (Å²) in [5.41, 5.74) is 3.83. The monoisotopic (exact) mass is 480 g/mol. The van der Waals surface area contributed by atoms with Crippen LogP contribution >= 0.6 is 15.9 Å². The maximum absolute atomic E-state index is 13.0. The molecule has 0 saturated heterocycles. The Morgan fingerprint density at radius 3 is 2.60 bits per heavy atom. The summed E-state index contributed by atoms with van der Waals surface area (Å²) in [6.07, 6.45) is 5.41. The Morgan fingerprint density at radius 2 is 1.80 bits per heavy atom. The van der Waals surface area contributed by atoms with Crippen LogP contribution in [-0.2, 0) is 10.0 Å². The molecule has 3 aromatic rings. The topological polar surface area (TPSA) is 58.2 Å². The van der Waals surface area contributed by atoms with Gasteiger partial charge in [0, 0.05) is 21.8 Å². The highest BCUT2D eigenvalue weighted by Gasteiger charge is 2.38. The van der Waals surface area contributed by atoms with E-state index >= 15 is 0 Å². The van der Waals surface area contributed by atoms with Crippen molar-refractivity contribution >= 4 is 37.3 Å². The molecule has 6 heteroatoms. The SMILES string of the molecule is O=S(=O)(Nc1cccc(Br)c1)c1ccc2c(c1)[C@H]1C=CC[C@H]1[C@@H](c1ccccc1)N2. The van der Waals surface area contributed by atoms with Crippen molar-refractivity contribution < 1.29 is 8.42 Å². The summed E-state index contributed by atoms with van der Waals surface area (Å²) in [6, 6.07) is 23.2. The molecule has 0 aromatic heterocycles. The minimum atomic E-state index is -3.68. The van der Waals surface area contributed by atoms with Crippen LogP contribution in [0, 0.1) is 5.92 Å². The van der Waals surface area contributed by atoms with E-state index < -0.39 is 10.0 Å². The van der Waals surface area contributed by atoms with Gasteiger partial charge in [-0.15, -0.1) is 0 Å². The number of nitrogens with one attached hydrogen (secondary N) is 2. The quantitative estimate of drug-likeness (QED) is 0.445. The summed E-state index contributed by atoms with van der Waals surface area (Å²) < 4.78 is 29.5. The molecule has 2 aliphatic rings. The molecule has 152 valence electrons. The first-order valence-electron chi connectivity index (χ1n) is 9.92. The highest BCUT2D eigenvalue weighted by atomic mass is 79.9. The number of benzene rings is 3. The zero-order chi connectivity index (χ0) is 20.7. The first-order chi connectivity index (χ1) is 14.5. The van der Waals surface area contributed by atoms with Gasteiger partial charge in [-0.3, -0.25) is 4.72 Å². The molecule has 0 saturated carbocycles. The van der Waals surface area contributed by atoms with Crippen molar-refractivity contribution in [3.8, 4) is 0 Å². The third-order valence-corrected chi connectivity index (χ3v) is 7.75. The van der Waals surface area contributed by atoms with Gasteiger partial charge in [0.25, 0.3) is 10.0 Å². The lowest BCUT2D eigenvalue weighted by molar-refractivity contribution is 0.425. The van der Waals surface area contributed by atoms with Gasteiger partial charge in [0.2, 0.25) is 0 Å². The van der Waals surface area contributed by atoms with Gasteiger partial charge in [0.1, 0.15) is 0 Å². The Hall–Kier alpha value is -2.57. The Balaban J connectivity index is 1.50. The van der Waals surface area contributed by atoms with E-state index in [1.54, 1.807) is 24.3 Å². The third kappa shape index (κ3) is 3.55. The number of fused-ring (bicyclic) bond motifs is 3. The van der Waals surface area contributed by atoms with Gasteiger partial charge in [0.15, 0.2) is 0 Å². The van der Waals surface area contributed by atoms with Crippen LogP contribution in [0.2, 0.25) is 0 Å². The molecule has 0 radical (unpaired) electrons. The summed E-state index contributed by atoms with van der Waals surface area (Å²) in [5.74, 6) is 0.573. The Kier molecular flexibility index (Phi) is 4.91. The zero-order valence-corrected chi connectivity index (χ0v) is 18.5. The molecule has 0 bridgehead atoms. The second-order valence-corrected chi connectivity index (χ2v) is 10.3. The summed E-state index contributed by atoms with van der Waals surface area (Å²) in [7, 11) is -3.68. The second kappa shape index (κ2) is 7.60. The fourth-order valence-electron chi connectivity index (χ4n) is 4.50. The third-order valence-electron chi connectivity index (χ3n) is 5.88. The van der Waals surface area contributed by atoms with Gasteiger partial charge in [0.05, 0.1) is 10.9 Å². The number of anilines is 2. The Bertz CT molecular complexity index is 1220. The number of sulfonamides is 1. The molecule has 5 rings (SSSR count). The second-order valence-electron chi connectivity index (χ2n) is 7.75. The van der Waals surface area contributed by atoms with Crippen molar-refractivity contribution in [2.24, 2.45) is 5.92 Å². The maximum atomic E-state index is 13.0. The molecule has 0 spiro atoms. The van der Waals surface area contributed by atoms with E-state index in [1.807, 2.05) is 24.3 Å². The lowest BCUT2D eigenvalue weighted by Crippen LogP contribution is -2.29. The highest BCUT2D eigenvalue weighted by Crippen LogP contribution is 2.50. The normalized spacial score (nSPS) is 22.1. The summed E-state index contributed by atoms with van der Waals surface area (Å²) >= 11 is 3.38. The molecule has 3 atom stereocenters. The molecular formula is C24H21BrN2O2S. The molecule has 3 aromatic carbocycles. The van der Waals surface area contributed by atoms with Gasteiger partial charge < -0.3 is 5.32 Å². The predicted octanol–water partition coefficient (Wildman–Crippen LogP) is 6.08. The van der Waals surface area contributed by atoms with Gasteiger partial charge >= 0.3 is 0 Å². The van der Waals surface area contributed by atoms with Gasteiger partial charge in [-0.05, 0) is 59.9 Å². The van der Waals surface area contributed by atoms with E-state index in [0.29, 0.717) is 11.6 Å². The highest BCUT2D eigenvalue weighted by molar-refractivity contribution is 9.10. The molecule has 30 heavy (non-hydrogen) atoms. The maximum Gasteiger partial charge on any atom is 0.261 e. The first kappa shape index (κ1) is 19.4. The van der Waals surface area contributed by atoms with Crippen molar-refractivity contribution in [2.75, 3.05) is 10.0 Å². The average Bonchev–Trinajstić information content (AvgIpc) is 3.23. The number of allylic oxidation sites excluding steroid dienone is 2. The molecule has 0 unspecified atom stereocenters. The number of rotatable bonds is 4. The van der Waals surface area contributed by atoms with Crippen molar-refractivity contribution in [3.05, 3.63) is 101 Å². The predicted molar refractivity (Wildman–Crippen MR) is 124 cm³/mol. The van der Waals surface area contributed by atoms with Crippen molar-refractivity contribution in [1.29, 1.82) is 0 Å². The minimum Gasteiger partial charge on any atom is -0.378 e. The average molecular weight is 481 g/mol. The van der Waals surface area contributed by atoms with Crippen molar-refractivity contribution in [2.45, 2.75) is 23.3 Å². The van der Waals surface area contributed by atoms with Crippen molar-refractivity contribution in [1.82, 2.24) is 0 Å². The smallest absolute Gasteiger partial charge is 0.261 e. The van der Waals surface area contributed by atoms with E-state index in [-0.39, 0.29) is 16.9 Å². The molecule has 4 nitrogen and oxygen atoms in total. The molecule has 2 N–H and O–H groups in total. The summed E-state index contributed by atoms with van der Waals surface area (Å²) in [6.45, 7) is 0. The fraction of sp³-hybridized carbons (Fsp3) is 0.167. The van der Waals surface area contributed by atoms with E-state index in [4.69, 9.17) is 0 Å². The lowest BCUT2D eigenvalue weighted by atomic mass is 9.77. The van der Waals surface area contributed by atoms with E-state index in [1.165, 1.54) is 5.56 Å². The van der Waals surface area contributed by atoms with E-state index in [9.17, 15) is 8.42 Å². The molecule has 1 aliphatic heterocycles. The van der Waals surface area contributed by atoms with Gasteiger partial charge in [-0.25, -0.2) is 8.42 Å². The van der Waals surface area contributed by atoms with Crippen LogP contribution in [0.3, 0.4) is 0 Å². The molecule has 0 fully saturated rings. The van der Waals surface area contributed by atoms with Crippen LogP contribution in [0.5, 0.6) is 0 Å². The van der Waals surface area contributed by atoms with E-state index in [0.717, 1.165) is 22.1 Å². The number of halogens is 1. The standard InChI is InChI=1S/C24H21BrN2O2S/c25-17-8-4-9-18(14-17)27-30(28,29)19-12-13-23-22(15-19)20-10-5-11-21(20)24(26-23)16-6-2-1-3-7-16/h1-10,12-15,20-21,24,26-27H,11H2/t20-,21+,24+/m0/s1. The first-order valence-corrected chi connectivity index (χ1v) is 12.2. The van der Waals surface area contributed by atoms with E-state index in [2.05, 4.69) is 62.4 Å². The molecule has 1 aliphatic carbocycles. The van der Waals surface area contributed by atoms with Gasteiger partial charge in [-0.2, -0.15) is 0 Å². The van der Waals surface area contributed by atoms with Crippen LogP contribution in [0.4, 0.5) is 11.4 Å². The Morgan fingerprint density at radius 1 is 0.967 bits per heavy atom. The van der Waals surface area contributed by atoms with Gasteiger partial charge in [-0.1, -0.05) is 64.5 Å². The summed E-state index contributed by atoms with van der Waals surface area (Å²) in [4.78, 5) is 0.278. The minimum absolute atomic E-state index is 0.201. The molecule has 1 heterocycles. The fourth-order valence-corrected chi connectivity index (χ4v) is 5.98. The zero-order valence-electron chi connectivity index (χ0n) is 16.1. The van der Waals surface area contributed by atoms with Crippen LogP contribution in [0.15, 0.2) is 94.3 Å². The number of hydrogen-bond donors (Lipinski definition) is 2. The number of hydrogen-bond acceptors (Lipinski definition) is 3. The lowest BCUT2D eigenvalue weighted by Gasteiger charge is -2.37. The van der Waals surface area contributed by atoms with Crippen LogP contribution in [-0.4, -0.2) is 8.42 Å². The van der Waals surface area contributed by atoms with Crippen LogP contribution in [0.25, 0.3) is 0 Å². The molecule has 0 amide bonds. The largest absolute Gasteiger partial charge is 0.378 e. The Labute approximate surface area is 185 Å². The summed E-state index contributed by atoms with van der Waals surface area (Å²) in [5, 5.41) is 3.66.